The number of rotatable bonds is 12. The van der Waals surface area contributed by atoms with Crippen molar-refractivity contribution in [1.29, 1.82) is 0 Å². The van der Waals surface area contributed by atoms with E-state index in [-0.39, 0.29) is 5.91 Å². The Morgan fingerprint density at radius 3 is 2.29 bits per heavy atom. The largest absolute Gasteiger partial charge is 0.355 e. The second-order valence-corrected chi connectivity index (χ2v) is 6.98. The van der Waals surface area contributed by atoms with Gasteiger partial charge >= 0.3 is 0 Å². The molecular formula is C18H38N2O. The van der Waals surface area contributed by atoms with Crippen molar-refractivity contribution in [3.05, 3.63) is 0 Å². The summed E-state index contributed by atoms with van der Waals surface area (Å²) in [6.07, 6.45) is 6.67. The van der Waals surface area contributed by atoms with E-state index in [4.69, 9.17) is 0 Å². The van der Waals surface area contributed by atoms with Gasteiger partial charge in [-0.2, -0.15) is 0 Å². The quantitative estimate of drug-likeness (QED) is 0.532. The zero-order valence-electron chi connectivity index (χ0n) is 15.2. The third-order valence-electron chi connectivity index (χ3n) is 4.19. The van der Waals surface area contributed by atoms with E-state index < -0.39 is 5.54 Å². The molecule has 0 aliphatic heterocycles. The SMILES string of the molecule is CCCCNC(=O)C(C)(CC(C)C)NCC(CC)CCC. The van der Waals surface area contributed by atoms with Gasteiger partial charge in [-0.25, -0.2) is 0 Å². The lowest BCUT2D eigenvalue weighted by atomic mass is 9.88. The fraction of sp³-hybridized carbons (Fsp3) is 0.944. The molecule has 0 saturated carbocycles. The Morgan fingerprint density at radius 2 is 1.81 bits per heavy atom. The van der Waals surface area contributed by atoms with Crippen molar-refractivity contribution < 1.29 is 4.79 Å². The van der Waals surface area contributed by atoms with Crippen LogP contribution in [0.2, 0.25) is 0 Å². The molecule has 0 bridgehead atoms. The molecule has 0 aromatic rings. The van der Waals surface area contributed by atoms with E-state index in [0.29, 0.717) is 11.8 Å². The van der Waals surface area contributed by atoms with Gasteiger partial charge in [0, 0.05) is 6.54 Å². The van der Waals surface area contributed by atoms with Gasteiger partial charge in [-0.3, -0.25) is 4.79 Å². The number of hydrogen-bond donors (Lipinski definition) is 2. The van der Waals surface area contributed by atoms with Crippen LogP contribution < -0.4 is 10.6 Å². The van der Waals surface area contributed by atoms with Gasteiger partial charge < -0.3 is 10.6 Å². The third-order valence-corrected chi connectivity index (χ3v) is 4.19. The van der Waals surface area contributed by atoms with E-state index in [1.165, 1.54) is 19.3 Å². The molecule has 2 unspecified atom stereocenters. The molecule has 0 aliphatic rings. The minimum absolute atomic E-state index is 0.163. The molecule has 126 valence electrons. The van der Waals surface area contributed by atoms with Crippen LogP contribution in [-0.4, -0.2) is 24.5 Å². The van der Waals surface area contributed by atoms with E-state index in [1.807, 2.05) is 0 Å². The molecule has 21 heavy (non-hydrogen) atoms. The van der Waals surface area contributed by atoms with Crippen LogP contribution in [0.1, 0.15) is 80.1 Å². The van der Waals surface area contributed by atoms with Crippen molar-refractivity contribution in [3.63, 3.8) is 0 Å². The lowest BCUT2D eigenvalue weighted by Gasteiger charge is -2.33. The molecule has 0 aromatic heterocycles. The number of carbonyl (C=O) groups excluding carboxylic acids is 1. The third kappa shape index (κ3) is 8.45. The summed E-state index contributed by atoms with van der Waals surface area (Å²) in [6.45, 7) is 14.8. The molecule has 0 spiro atoms. The highest BCUT2D eigenvalue weighted by Crippen LogP contribution is 2.19. The Balaban J connectivity index is 4.62. The normalized spacial score (nSPS) is 15.8. The van der Waals surface area contributed by atoms with Crippen molar-refractivity contribution in [2.24, 2.45) is 11.8 Å². The van der Waals surface area contributed by atoms with E-state index in [2.05, 4.69) is 52.2 Å². The molecule has 0 aliphatic carbocycles. The number of amides is 1. The summed E-state index contributed by atoms with van der Waals surface area (Å²) in [5, 5.41) is 6.68. The monoisotopic (exact) mass is 298 g/mol. The Kier molecular flexibility index (Phi) is 10.8. The highest BCUT2D eigenvalue weighted by molar-refractivity contribution is 5.85. The Hall–Kier alpha value is -0.570. The van der Waals surface area contributed by atoms with Gasteiger partial charge in [-0.15, -0.1) is 0 Å². The van der Waals surface area contributed by atoms with Crippen molar-refractivity contribution in [2.45, 2.75) is 85.6 Å². The molecule has 0 rings (SSSR count). The van der Waals surface area contributed by atoms with E-state index in [9.17, 15) is 4.79 Å². The highest BCUT2D eigenvalue weighted by Gasteiger charge is 2.33. The second-order valence-electron chi connectivity index (χ2n) is 6.98. The predicted octanol–water partition coefficient (Wildman–Crippen LogP) is 4.12. The van der Waals surface area contributed by atoms with E-state index >= 15 is 0 Å². The fourth-order valence-electron chi connectivity index (χ4n) is 2.86. The average Bonchev–Trinajstić information content (AvgIpc) is 2.42. The van der Waals surface area contributed by atoms with Gasteiger partial charge in [0.05, 0.1) is 5.54 Å². The molecular weight excluding hydrogens is 260 g/mol. The topological polar surface area (TPSA) is 41.1 Å². The van der Waals surface area contributed by atoms with Crippen LogP contribution in [-0.2, 0) is 4.79 Å². The Labute approximate surface area is 132 Å². The number of nitrogens with one attached hydrogen (secondary N) is 2. The minimum Gasteiger partial charge on any atom is -0.355 e. The number of unbranched alkanes of at least 4 members (excludes halogenated alkanes) is 1. The summed E-state index contributed by atoms with van der Waals surface area (Å²) in [5.41, 5.74) is -0.441. The molecule has 3 nitrogen and oxygen atoms in total. The van der Waals surface area contributed by atoms with Gasteiger partial charge in [0.15, 0.2) is 0 Å². The Morgan fingerprint density at radius 1 is 1.14 bits per heavy atom. The van der Waals surface area contributed by atoms with Crippen molar-refractivity contribution in [3.8, 4) is 0 Å². The van der Waals surface area contributed by atoms with Crippen LogP contribution in [0, 0.1) is 11.8 Å². The van der Waals surface area contributed by atoms with Crippen molar-refractivity contribution in [2.75, 3.05) is 13.1 Å². The maximum absolute atomic E-state index is 12.6. The molecule has 0 aromatic carbocycles. The number of carbonyl (C=O) groups is 1. The van der Waals surface area contributed by atoms with Gasteiger partial charge in [-0.1, -0.05) is 53.9 Å². The van der Waals surface area contributed by atoms with Crippen LogP contribution in [0.4, 0.5) is 0 Å². The van der Waals surface area contributed by atoms with Crippen molar-refractivity contribution in [1.82, 2.24) is 10.6 Å². The minimum atomic E-state index is -0.441. The molecule has 0 saturated heterocycles. The zero-order valence-corrected chi connectivity index (χ0v) is 15.2. The Bertz CT molecular complexity index is 278. The first-order valence-electron chi connectivity index (χ1n) is 8.92. The van der Waals surface area contributed by atoms with Gasteiger partial charge in [0.2, 0.25) is 5.91 Å². The first kappa shape index (κ1) is 20.4. The molecule has 2 N–H and O–H groups in total. The maximum atomic E-state index is 12.6. The highest BCUT2D eigenvalue weighted by atomic mass is 16.2. The molecule has 0 heterocycles. The summed E-state index contributed by atoms with van der Waals surface area (Å²) in [6, 6.07) is 0. The van der Waals surface area contributed by atoms with Gasteiger partial charge in [-0.05, 0) is 44.6 Å². The summed E-state index contributed by atoms with van der Waals surface area (Å²) >= 11 is 0. The van der Waals surface area contributed by atoms with Crippen LogP contribution in [0.25, 0.3) is 0 Å². The van der Waals surface area contributed by atoms with Crippen LogP contribution in [0.15, 0.2) is 0 Å². The van der Waals surface area contributed by atoms with Gasteiger partial charge in [0.1, 0.15) is 0 Å². The standard InChI is InChI=1S/C18H38N2O/c1-7-10-12-19-17(21)18(6,13-15(4)5)20-14-16(9-3)11-8-2/h15-16,20H,7-14H2,1-6H3,(H,19,21). The summed E-state index contributed by atoms with van der Waals surface area (Å²) in [4.78, 5) is 12.6. The maximum Gasteiger partial charge on any atom is 0.240 e. The first-order valence-corrected chi connectivity index (χ1v) is 8.92. The van der Waals surface area contributed by atoms with E-state index in [1.54, 1.807) is 0 Å². The molecule has 1 amide bonds. The van der Waals surface area contributed by atoms with Crippen LogP contribution in [0.3, 0.4) is 0 Å². The predicted molar refractivity (Wildman–Crippen MR) is 92.5 cm³/mol. The van der Waals surface area contributed by atoms with Crippen molar-refractivity contribution >= 4 is 5.91 Å². The lowest BCUT2D eigenvalue weighted by Crippen LogP contribution is -2.56. The van der Waals surface area contributed by atoms with E-state index in [0.717, 1.165) is 32.4 Å². The summed E-state index contributed by atoms with van der Waals surface area (Å²) in [5.74, 6) is 1.34. The molecule has 0 radical (unpaired) electrons. The lowest BCUT2D eigenvalue weighted by molar-refractivity contribution is -0.127. The molecule has 2 atom stereocenters. The molecule has 3 heteroatoms. The summed E-state index contributed by atoms with van der Waals surface area (Å²) < 4.78 is 0. The summed E-state index contributed by atoms with van der Waals surface area (Å²) in [7, 11) is 0. The van der Waals surface area contributed by atoms with Gasteiger partial charge in [0.25, 0.3) is 0 Å². The number of hydrogen-bond acceptors (Lipinski definition) is 2. The van der Waals surface area contributed by atoms with Crippen LogP contribution >= 0.6 is 0 Å². The average molecular weight is 299 g/mol. The second kappa shape index (κ2) is 11.1. The van der Waals surface area contributed by atoms with Crippen LogP contribution in [0.5, 0.6) is 0 Å². The fourth-order valence-corrected chi connectivity index (χ4v) is 2.86. The first-order chi connectivity index (χ1) is 9.89. The smallest absolute Gasteiger partial charge is 0.240 e. The molecule has 0 fully saturated rings. The zero-order chi connectivity index (χ0) is 16.3.